The number of rotatable bonds is 6. The molecular weight excluding hydrogens is 220 g/mol. The van der Waals surface area contributed by atoms with Gasteiger partial charge in [-0.15, -0.1) is 0 Å². The second-order valence-corrected chi connectivity index (χ2v) is 4.33. The molecule has 0 fully saturated rings. The smallest absolute Gasteiger partial charge is 0.330 e. The van der Waals surface area contributed by atoms with Crippen LogP contribution in [0.4, 0.5) is 0 Å². The molecule has 0 spiro atoms. The van der Waals surface area contributed by atoms with Gasteiger partial charge in [0.1, 0.15) is 0 Å². The molecule has 0 radical (unpaired) electrons. The minimum absolute atomic E-state index is 0.202. The van der Waals surface area contributed by atoms with E-state index in [0.29, 0.717) is 0 Å². The number of aliphatic hydroxyl groups is 2. The zero-order valence-corrected chi connectivity index (χ0v) is 10.8. The maximum Gasteiger partial charge on any atom is 0.330 e. The number of hydrogen-bond acceptors (Lipinski definition) is 3. The molecule has 3 atom stereocenters. The maximum absolute atomic E-state index is 10.6. The molecule has 3 unspecified atom stereocenters. The molecular formula is C13H22O4. The summed E-state index contributed by atoms with van der Waals surface area (Å²) < 4.78 is 0. The van der Waals surface area contributed by atoms with E-state index >= 15 is 0 Å². The third-order valence-electron chi connectivity index (χ3n) is 3.03. The van der Waals surface area contributed by atoms with Crippen molar-refractivity contribution in [2.45, 2.75) is 46.3 Å². The molecule has 0 aromatic carbocycles. The standard InChI is InChI=1S/C13H22O4/c1-5-8(2)12(15)10(4)11(14)7-6-9(3)13(16)17/h5-6,10-12,14-15H,7H2,1-4H3,(H,16,17)/b8-5+,9-6+. The van der Waals surface area contributed by atoms with Crippen LogP contribution in [0.1, 0.15) is 34.1 Å². The second-order valence-electron chi connectivity index (χ2n) is 4.33. The fraction of sp³-hybridized carbons (Fsp3) is 0.615. The average molecular weight is 242 g/mol. The van der Waals surface area contributed by atoms with Crippen LogP contribution in [0.15, 0.2) is 23.3 Å². The summed E-state index contributed by atoms with van der Waals surface area (Å²) in [4.78, 5) is 10.6. The van der Waals surface area contributed by atoms with Gasteiger partial charge >= 0.3 is 5.97 Å². The van der Waals surface area contributed by atoms with Gasteiger partial charge in [0.25, 0.3) is 0 Å². The van der Waals surface area contributed by atoms with Gasteiger partial charge in [0.05, 0.1) is 12.2 Å². The van der Waals surface area contributed by atoms with Crippen molar-refractivity contribution in [3.63, 3.8) is 0 Å². The number of allylic oxidation sites excluding steroid dienone is 1. The van der Waals surface area contributed by atoms with E-state index in [1.807, 2.05) is 6.92 Å². The lowest BCUT2D eigenvalue weighted by atomic mass is 9.91. The Morgan fingerprint density at radius 2 is 1.82 bits per heavy atom. The minimum atomic E-state index is -0.991. The van der Waals surface area contributed by atoms with E-state index in [0.717, 1.165) is 5.57 Å². The fourth-order valence-corrected chi connectivity index (χ4v) is 1.40. The molecule has 0 aliphatic rings. The highest BCUT2D eigenvalue weighted by atomic mass is 16.4. The van der Waals surface area contributed by atoms with E-state index in [4.69, 9.17) is 5.11 Å². The molecule has 98 valence electrons. The first kappa shape index (κ1) is 15.9. The number of carbonyl (C=O) groups is 1. The Balaban J connectivity index is 4.47. The first-order valence-corrected chi connectivity index (χ1v) is 5.70. The van der Waals surface area contributed by atoms with Crippen molar-refractivity contribution in [3.05, 3.63) is 23.3 Å². The minimum Gasteiger partial charge on any atom is -0.478 e. The first-order valence-electron chi connectivity index (χ1n) is 5.70. The van der Waals surface area contributed by atoms with Gasteiger partial charge in [-0.3, -0.25) is 0 Å². The highest BCUT2D eigenvalue weighted by molar-refractivity contribution is 5.85. The van der Waals surface area contributed by atoms with Gasteiger partial charge in [0.2, 0.25) is 0 Å². The van der Waals surface area contributed by atoms with Crippen molar-refractivity contribution in [3.8, 4) is 0 Å². The van der Waals surface area contributed by atoms with Gasteiger partial charge in [0.15, 0.2) is 0 Å². The van der Waals surface area contributed by atoms with Crippen LogP contribution in [-0.2, 0) is 4.79 Å². The van der Waals surface area contributed by atoms with Gasteiger partial charge in [-0.1, -0.05) is 19.1 Å². The molecule has 0 heterocycles. The lowest BCUT2D eigenvalue weighted by Gasteiger charge is -2.24. The average Bonchev–Trinajstić information content (AvgIpc) is 2.32. The summed E-state index contributed by atoms with van der Waals surface area (Å²) in [7, 11) is 0. The Labute approximate surface area is 102 Å². The quantitative estimate of drug-likeness (QED) is 0.489. The summed E-state index contributed by atoms with van der Waals surface area (Å²) in [5.74, 6) is -1.32. The van der Waals surface area contributed by atoms with Crippen LogP contribution in [-0.4, -0.2) is 33.5 Å². The third kappa shape index (κ3) is 5.15. The van der Waals surface area contributed by atoms with E-state index in [-0.39, 0.29) is 17.9 Å². The Hall–Kier alpha value is -1.13. The molecule has 3 N–H and O–H groups in total. The third-order valence-corrected chi connectivity index (χ3v) is 3.03. The second kappa shape index (κ2) is 7.25. The van der Waals surface area contributed by atoms with Crippen LogP contribution >= 0.6 is 0 Å². The van der Waals surface area contributed by atoms with Gasteiger partial charge in [0, 0.05) is 11.5 Å². The van der Waals surface area contributed by atoms with E-state index in [1.165, 1.54) is 13.0 Å². The molecule has 0 aromatic heterocycles. The van der Waals surface area contributed by atoms with Gasteiger partial charge in [-0.2, -0.15) is 0 Å². The van der Waals surface area contributed by atoms with E-state index in [2.05, 4.69) is 0 Å². The molecule has 0 amide bonds. The van der Waals surface area contributed by atoms with Crippen LogP contribution < -0.4 is 0 Å². The summed E-state index contributed by atoms with van der Waals surface area (Å²) in [5, 5.41) is 28.4. The Morgan fingerprint density at radius 1 is 1.29 bits per heavy atom. The summed E-state index contributed by atoms with van der Waals surface area (Å²) in [6, 6.07) is 0. The summed E-state index contributed by atoms with van der Waals surface area (Å²) in [5.41, 5.74) is 1.00. The lowest BCUT2D eigenvalue weighted by Crippen LogP contribution is -2.30. The molecule has 4 heteroatoms. The van der Waals surface area contributed by atoms with Crippen LogP contribution in [0.25, 0.3) is 0 Å². The zero-order chi connectivity index (χ0) is 13.6. The normalized spacial score (nSPS) is 18.7. The fourth-order valence-electron chi connectivity index (χ4n) is 1.40. The van der Waals surface area contributed by atoms with Crippen LogP contribution in [0, 0.1) is 5.92 Å². The highest BCUT2D eigenvalue weighted by Gasteiger charge is 2.22. The van der Waals surface area contributed by atoms with Crippen LogP contribution in [0.3, 0.4) is 0 Å². The molecule has 17 heavy (non-hydrogen) atoms. The topological polar surface area (TPSA) is 77.8 Å². The summed E-state index contributed by atoms with van der Waals surface area (Å²) in [6.07, 6.45) is 2.04. The van der Waals surface area contributed by atoms with Crippen molar-refractivity contribution in [1.82, 2.24) is 0 Å². The summed E-state index contributed by atoms with van der Waals surface area (Å²) >= 11 is 0. The predicted molar refractivity (Wildman–Crippen MR) is 66.6 cm³/mol. The van der Waals surface area contributed by atoms with Crippen molar-refractivity contribution in [2.24, 2.45) is 5.92 Å². The lowest BCUT2D eigenvalue weighted by molar-refractivity contribution is -0.132. The monoisotopic (exact) mass is 242 g/mol. The van der Waals surface area contributed by atoms with Crippen molar-refractivity contribution < 1.29 is 20.1 Å². The van der Waals surface area contributed by atoms with Crippen molar-refractivity contribution in [1.29, 1.82) is 0 Å². The zero-order valence-electron chi connectivity index (χ0n) is 10.8. The Morgan fingerprint density at radius 3 is 2.24 bits per heavy atom. The Bertz CT molecular complexity index is 317. The molecule has 0 saturated heterocycles. The molecule has 0 bridgehead atoms. The number of aliphatic carboxylic acids is 1. The largest absolute Gasteiger partial charge is 0.478 e. The molecule has 0 rings (SSSR count). The number of carboxylic acid groups (broad SMARTS) is 1. The maximum atomic E-state index is 10.6. The van der Waals surface area contributed by atoms with Gasteiger partial charge in [-0.05, 0) is 32.8 Å². The highest BCUT2D eigenvalue weighted by Crippen LogP contribution is 2.18. The number of carboxylic acids is 1. The summed E-state index contributed by atoms with van der Waals surface area (Å²) in [6.45, 7) is 6.85. The van der Waals surface area contributed by atoms with Gasteiger partial charge in [-0.25, -0.2) is 4.79 Å². The van der Waals surface area contributed by atoms with Gasteiger partial charge < -0.3 is 15.3 Å². The van der Waals surface area contributed by atoms with E-state index < -0.39 is 18.2 Å². The van der Waals surface area contributed by atoms with E-state index in [9.17, 15) is 15.0 Å². The number of hydrogen-bond donors (Lipinski definition) is 3. The predicted octanol–water partition coefficient (Wildman–Crippen LogP) is 1.73. The molecule has 4 nitrogen and oxygen atoms in total. The van der Waals surface area contributed by atoms with Crippen molar-refractivity contribution in [2.75, 3.05) is 0 Å². The van der Waals surface area contributed by atoms with Crippen LogP contribution in [0.2, 0.25) is 0 Å². The van der Waals surface area contributed by atoms with E-state index in [1.54, 1.807) is 19.9 Å². The van der Waals surface area contributed by atoms with Crippen LogP contribution in [0.5, 0.6) is 0 Å². The molecule has 0 aliphatic carbocycles. The van der Waals surface area contributed by atoms with Crippen molar-refractivity contribution >= 4 is 5.97 Å². The molecule has 0 aliphatic heterocycles. The SMILES string of the molecule is C/C=C(\C)C(O)C(C)C(O)C/C=C(\C)C(=O)O. The molecule has 0 aromatic rings. The Kier molecular flexibility index (Phi) is 6.76. The molecule has 0 saturated carbocycles. The number of aliphatic hydroxyl groups excluding tert-OH is 2. The first-order chi connectivity index (χ1) is 7.81.